The Morgan fingerprint density at radius 2 is 1.76 bits per heavy atom. The van der Waals surface area contributed by atoms with Gasteiger partial charge in [0.1, 0.15) is 5.54 Å². The van der Waals surface area contributed by atoms with Crippen molar-refractivity contribution in [3.05, 3.63) is 0 Å². The number of nitrogens with zero attached hydrogens (tertiary/aromatic N) is 1. The van der Waals surface area contributed by atoms with Gasteiger partial charge in [0.25, 0.3) is 0 Å². The summed E-state index contributed by atoms with van der Waals surface area (Å²) >= 11 is 0. The summed E-state index contributed by atoms with van der Waals surface area (Å²) in [6.45, 7) is 0.445. The molecule has 0 saturated heterocycles. The van der Waals surface area contributed by atoms with E-state index < -0.39 is 43.2 Å². The predicted molar refractivity (Wildman–Crippen MR) is 70.4 cm³/mol. The first-order valence-corrected chi connectivity index (χ1v) is 6.37. The van der Waals surface area contributed by atoms with Crippen molar-refractivity contribution in [3.63, 3.8) is 0 Å². The van der Waals surface area contributed by atoms with E-state index in [0.29, 0.717) is 17.7 Å². The zero-order valence-corrected chi connectivity index (χ0v) is 12.0. The smallest absolute Gasteiger partial charge is 0.401 e. The van der Waals surface area contributed by atoms with Crippen LogP contribution in [0.3, 0.4) is 0 Å². The topological polar surface area (TPSA) is 69.6 Å². The molecule has 0 aromatic carbocycles. The highest BCUT2D eigenvalue weighted by Gasteiger charge is 2.33. The second kappa shape index (κ2) is 7.88. The monoisotopic (exact) mass is 308 g/mol. The van der Waals surface area contributed by atoms with E-state index in [1.54, 1.807) is 13.8 Å². The van der Waals surface area contributed by atoms with Gasteiger partial charge in [-0.1, -0.05) is 19.8 Å². The minimum Gasteiger partial charge on any atom is -0.480 e. The molecule has 21 heavy (non-hydrogen) atoms. The van der Waals surface area contributed by atoms with Crippen LogP contribution >= 0.6 is 0 Å². The molecule has 8 heteroatoms. The summed E-state index contributed by atoms with van der Waals surface area (Å²) in [5.74, 6) is 0.242. The van der Waals surface area contributed by atoms with Crippen LogP contribution in [0, 0.1) is 12.3 Å². The van der Waals surface area contributed by atoms with E-state index in [1.165, 1.54) is 0 Å². The number of rotatable bonds is 8. The highest BCUT2D eigenvalue weighted by atomic mass is 19.4. The van der Waals surface area contributed by atoms with Crippen molar-refractivity contribution in [2.24, 2.45) is 0 Å². The van der Waals surface area contributed by atoms with Crippen LogP contribution in [-0.4, -0.2) is 53.2 Å². The summed E-state index contributed by atoms with van der Waals surface area (Å²) in [4.78, 5) is 22.9. The van der Waals surface area contributed by atoms with Crippen LogP contribution in [0.25, 0.3) is 0 Å². The molecule has 0 heterocycles. The lowest BCUT2D eigenvalue weighted by Gasteiger charge is -2.29. The maximum atomic E-state index is 12.3. The van der Waals surface area contributed by atoms with E-state index in [1.807, 2.05) is 0 Å². The number of amides is 1. The number of halogens is 3. The zero-order valence-electron chi connectivity index (χ0n) is 12.0. The minimum atomic E-state index is -4.59. The molecular weight excluding hydrogens is 289 g/mol. The van der Waals surface area contributed by atoms with Gasteiger partial charge < -0.3 is 10.4 Å². The maximum Gasteiger partial charge on any atom is 0.401 e. The quantitative estimate of drug-likeness (QED) is 0.662. The van der Waals surface area contributed by atoms with Crippen LogP contribution in [0.4, 0.5) is 13.2 Å². The Morgan fingerprint density at radius 3 is 2.10 bits per heavy atom. The number of hydrogen-bond donors (Lipinski definition) is 2. The Kier molecular flexibility index (Phi) is 7.22. The summed E-state index contributed by atoms with van der Waals surface area (Å²) < 4.78 is 37.0. The largest absolute Gasteiger partial charge is 0.480 e. The Bertz CT molecular complexity index is 412. The fourth-order valence-corrected chi connectivity index (χ4v) is 1.79. The number of carboxylic acids is 1. The van der Waals surface area contributed by atoms with Gasteiger partial charge in [-0.2, -0.15) is 13.2 Å². The number of aliphatic carboxylic acids is 1. The Morgan fingerprint density at radius 1 is 1.24 bits per heavy atom. The van der Waals surface area contributed by atoms with Crippen molar-refractivity contribution < 1.29 is 27.9 Å². The summed E-state index contributed by atoms with van der Waals surface area (Å²) in [6, 6.07) is 0. The van der Waals surface area contributed by atoms with Crippen LogP contribution in [0.15, 0.2) is 0 Å². The highest BCUT2D eigenvalue weighted by molar-refractivity contribution is 5.80. The van der Waals surface area contributed by atoms with E-state index in [4.69, 9.17) is 11.5 Å². The lowest BCUT2D eigenvalue weighted by atomic mass is 9.94. The number of alkyl halides is 3. The molecule has 0 aromatic rings. The summed E-state index contributed by atoms with van der Waals surface area (Å²) in [5.41, 5.74) is -0.926. The number of carbonyl (C=O) groups excluding carboxylic acids is 1. The first-order chi connectivity index (χ1) is 9.57. The van der Waals surface area contributed by atoms with Crippen LogP contribution in [0.5, 0.6) is 0 Å². The van der Waals surface area contributed by atoms with E-state index in [0.717, 1.165) is 0 Å². The van der Waals surface area contributed by atoms with Gasteiger partial charge in [-0.05, 0) is 12.8 Å². The average molecular weight is 308 g/mol. The van der Waals surface area contributed by atoms with Gasteiger partial charge in [-0.15, -0.1) is 6.42 Å². The molecule has 0 bridgehead atoms. The first kappa shape index (κ1) is 19.2. The van der Waals surface area contributed by atoms with Crippen molar-refractivity contribution in [2.75, 3.05) is 19.6 Å². The first-order valence-electron chi connectivity index (χ1n) is 6.37. The molecule has 0 aliphatic carbocycles. The highest BCUT2D eigenvalue weighted by Crippen LogP contribution is 2.17. The third-order valence-corrected chi connectivity index (χ3v) is 2.99. The fraction of sp³-hybridized carbons (Fsp3) is 0.692. The van der Waals surface area contributed by atoms with Gasteiger partial charge in [0.2, 0.25) is 5.91 Å². The van der Waals surface area contributed by atoms with E-state index >= 15 is 0 Å². The number of carboxylic acid groups (broad SMARTS) is 1. The molecule has 0 radical (unpaired) electrons. The van der Waals surface area contributed by atoms with Gasteiger partial charge in [0, 0.05) is 0 Å². The molecule has 0 aromatic heterocycles. The second-order valence-electron chi connectivity index (χ2n) is 4.64. The number of hydrogen-bond acceptors (Lipinski definition) is 3. The van der Waals surface area contributed by atoms with Gasteiger partial charge >= 0.3 is 12.1 Å². The molecule has 0 aliphatic heterocycles. The van der Waals surface area contributed by atoms with Crippen molar-refractivity contribution in [3.8, 4) is 12.3 Å². The fourth-order valence-electron chi connectivity index (χ4n) is 1.79. The molecule has 1 amide bonds. The molecule has 0 spiro atoms. The van der Waals surface area contributed by atoms with Gasteiger partial charge in [0.15, 0.2) is 0 Å². The Hall–Kier alpha value is -1.75. The van der Waals surface area contributed by atoms with Crippen molar-refractivity contribution >= 4 is 11.9 Å². The lowest BCUT2D eigenvalue weighted by molar-refractivity contribution is -0.155. The Labute approximate surface area is 121 Å². The van der Waals surface area contributed by atoms with Gasteiger partial charge in [-0.3, -0.25) is 14.5 Å². The van der Waals surface area contributed by atoms with Crippen LogP contribution in [0.2, 0.25) is 0 Å². The molecule has 2 N–H and O–H groups in total. The minimum absolute atomic E-state index is 0.421. The van der Waals surface area contributed by atoms with Crippen LogP contribution in [-0.2, 0) is 9.59 Å². The molecule has 0 fully saturated rings. The van der Waals surface area contributed by atoms with E-state index in [-0.39, 0.29) is 0 Å². The molecule has 0 unspecified atom stereocenters. The van der Waals surface area contributed by atoms with Crippen LogP contribution < -0.4 is 5.32 Å². The number of nitrogens with one attached hydrogen (secondary N) is 1. The number of terminal acetylenes is 1. The average Bonchev–Trinajstić information content (AvgIpc) is 2.33. The lowest BCUT2D eigenvalue weighted by Crippen LogP contribution is -2.51. The van der Waals surface area contributed by atoms with Gasteiger partial charge in [0.05, 0.1) is 19.6 Å². The summed E-state index contributed by atoms with van der Waals surface area (Å²) in [5, 5.41) is 11.1. The normalized spacial score (nSPS) is 12.0. The molecular formula is C13H19F3N2O3. The summed E-state index contributed by atoms with van der Waals surface area (Å²) in [7, 11) is 0. The van der Waals surface area contributed by atoms with Gasteiger partial charge in [-0.25, -0.2) is 0 Å². The van der Waals surface area contributed by atoms with E-state index in [2.05, 4.69) is 11.2 Å². The molecule has 0 atom stereocenters. The van der Waals surface area contributed by atoms with E-state index in [9.17, 15) is 22.8 Å². The second-order valence-corrected chi connectivity index (χ2v) is 4.64. The standard InChI is InChI=1S/C13H19F3N2O3/c1-4-12(5-2,6-3)17-10(19)7-18(8-11(20)21)9-13(14,15)16/h1H,5-9H2,2-3H3,(H,17,19)(H,20,21). The van der Waals surface area contributed by atoms with Crippen molar-refractivity contribution in [1.29, 1.82) is 0 Å². The molecule has 5 nitrogen and oxygen atoms in total. The third-order valence-electron chi connectivity index (χ3n) is 2.99. The molecule has 120 valence electrons. The zero-order chi connectivity index (χ0) is 16.7. The maximum absolute atomic E-state index is 12.3. The summed E-state index contributed by atoms with van der Waals surface area (Å²) in [6.07, 6.45) is 1.59. The Balaban J connectivity index is 4.81. The SMILES string of the molecule is C#CC(CC)(CC)NC(=O)CN(CC(=O)O)CC(F)(F)F. The molecule has 0 rings (SSSR count). The van der Waals surface area contributed by atoms with Crippen molar-refractivity contribution in [1.82, 2.24) is 10.2 Å². The number of carbonyl (C=O) groups is 2. The molecule has 0 aliphatic rings. The third kappa shape index (κ3) is 7.56. The predicted octanol–water partition coefficient (Wildman–Crippen LogP) is 1.24. The van der Waals surface area contributed by atoms with Crippen LogP contribution in [0.1, 0.15) is 26.7 Å². The van der Waals surface area contributed by atoms with Crippen molar-refractivity contribution in [2.45, 2.75) is 38.4 Å². The molecule has 0 saturated carbocycles.